The van der Waals surface area contributed by atoms with Crippen LogP contribution in [0, 0.1) is 11.7 Å². The molecule has 1 unspecified atom stereocenters. The van der Waals surface area contributed by atoms with Gasteiger partial charge in [-0.25, -0.2) is 4.39 Å². The van der Waals surface area contributed by atoms with E-state index in [2.05, 4.69) is 4.74 Å². The summed E-state index contributed by atoms with van der Waals surface area (Å²) >= 11 is 0. The van der Waals surface area contributed by atoms with Gasteiger partial charge in [-0.2, -0.15) is 13.2 Å². The third-order valence-corrected chi connectivity index (χ3v) is 4.50. The number of halogens is 5. The van der Waals surface area contributed by atoms with Crippen LogP contribution in [0.5, 0.6) is 5.75 Å². The first-order valence-electron chi connectivity index (χ1n) is 9.12. The fourth-order valence-electron chi connectivity index (χ4n) is 2.92. The van der Waals surface area contributed by atoms with Crippen LogP contribution < -0.4 is 4.74 Å². The highest BCUT2D eigenvalue weighted by atomic mass is 35.5. The monoisotopic (exact) mass is 442 g/mol. The molecule has 0 aliphatic carbocycles. The van der Waals surface area contributed by atoms with Gasteiger partial charge in [-0.3, -0.25) is 9.69 Å². The van der Waals surface area contributed by atoms with Crippen LogP contribution in [0.3, 0.4) is 0 Å². The van der Waals surface area contributed by atoms with Crippen LogP contribution in [0.2, 0.25) is 0 Å². The summed E-state index contributed by atoms with van der Waals surface area (Å²) in [5, 5.41) is 0. The van der Waals surface area contributed by atoms with Gasteiger partial charge >= 0.3 is 6.18 Å². The third-order valence-electron chi connectivity index (χ3n) is 4.50. The Labute approximate surface area is 174 Å². The van der Waals surface area contributed by atoms with Crippen LogP contribution in [-0.4, -0.2) is 75.4 Å². The van der Waals surface area contributed by atoms with Crippen LogP contribution >= 0.6 is 12.4 Å². The minimum atomic E-state index is -4.53. The molecule has 0 N–H and O–H groups in total. The van der Waals surface area contributed by atoms with Crippen molar-refractivity contribution < 1.29 is 31.8 Å². The van der Waals surface area contributed by atoms with E-state index in [0.29, 0.717) is 44.2 Å². The molecule has 1 atom stereocenters. The Morgan fingerprint density at radius 3 is 2.62 bits per heavy atom. The summed E-state index contributed by atoms with van der Waals surface area (Å²) in [5.74, 6) is -0.952. The van der Waals surface area contributed by atoms with Crippen molar-refractivity contribution in [1.82, 2.24) is 9.80 Å². The van der Waals surface area contributed by atoms with Crippen molar-refractivity contribution in [2.75, 3.05) is 53.6 Å². The average Bonchev–Trinajstić information content (AvgIpc) is 3.11. The van der Waals surface area contributed by atoms with Gasteiger partial charge < -0.3 is 14.4 Å². The second-order valence-corrected chi connectivity index (χ2v) is 7.17. The Hall–Kier alpha value is -1.58. The van der Waals surface area contributed by atoms with E-state index in [9.17, 15) is 22.4 Å². The fraction of sp³-hybridized carbons (Fsp3) is 0.632. The van der Waals surface area contributed by atoms with Crippen LogP contribution in [0.4, 0.5) is 17.6 Å². The van der Waals surface area contributed by atoms with E-state index in [-0.39, 0.29) is 24.9 Å². The maximum absolute atomic E-state index is 13.7. The molecule has 29 heavy (non-hydrogen) atoms. The Kier molecular flexibility index (Phi) is 10.2. The quantitative estimate of drug-likeness (QED) is 0.551. The number of nitrogens with zero attached hydrogens (tertiary/aromatic N) is 2. The van der Waals surface area contributed by atoms with Gasteiger partial charge in [-0.15, -0.1) is 12.4 Å². The lowest BCUT2D eigenvalue weighted by Gasteiger charge is -2.26. The van der Waals surface area contributed by atoms with E-state index in [1.54, 1.807) is 14.1 Å². The highest BCUT2D eigenvalue weighted by Gasteiger charge is 2.29. The van der Waals surface area contributed by atoms with Gasteiger partial charge in [0.05, 0.1) is 13.2 Å². The van der Waals surface area contributed by atoms with Crippen LogP contribution in [-0.2, 0) is 16.0 Å². The second-order valence-electron chi connectivity index (χ2n) is 7.17. The van der Waals surface area contributed by atoms with Gasteiger partial charge in [-0.1, -0.05) is 6.07 Å². The first-order chi connectivity index (χ1) is 13.1. The fourth-order valence-corrected chi connectivity index (χ4v) is 2.92. The number of ether oxygens (including phenoxy) is 2. The number of hydrogen-bond donors (Lipinski definition) is 0. The van der Waals surface area contributed by atoms with E-state index < -0.39 is 24.3 Å². The maximum atomic E-state index is 13.7. The molecule has 2 rings (SSSR count). The average molecular weight is 443 g/mol. The van der Waals surface area contributed by atoms with Gasteiger partial charge in [0.1, 0.15) is 0 Å². The lowest BCUT2D eigenvalue weighted by Crippen LogP contribution is -2.40. The molecule has 0 radical (unpaired) electrons. The summed E-state index contributed by atoms with van der Waals surface area (Å²) in [6, 6.07) is 3.90. The standard InChI is InChI=1S/C19H26F4N2O3.ClH/c1-24(2)18(26)11-25(10-15-6-8-27-12-15)7-5-14-3-4-16(20)17(9-14)28-13-19(21,22)23;/h3-4,9,15H,5-8,10-13H2,1-2H3;1H. The zero-order valence-electron chi connectivity index (χ0n) is 16.5. The molecular formula is C19H27ClF4N2O3. The first kappa shape index (κ1) is 25.5. The highest BCUT2D eigenvalue weighted by molar-refractivity contribution is 5.85. The molecule has 1 aliphatic heterocycles. The molecule has 1 fully saturated rings. The van der Waals surface area contributed by atoms with E-state index >= 15 is 0 Å². The van der Waals surface area contributed by atoms with Gasteiger partial charge in [0.2, 0.25) is 5.91 Å². The SMILES string of the molecule is CN(C)C(=O)CN(CCc1ccc(F)c(OCC(F)(F)F)c1)CC1CCOC1.Cl. The van der Waals surface area contributed by atoms with Crippen molar-refractivity contribution in [2.45, 2.75) is 19.0 Å². The van der Waals surface area contributed by atoms with Gasteiger partial charge in [0.25, 0.3) is 0 Å². The minimum absolute atomic E-state index is 0. The molecule has 0 spiro atoms. The molecule has 1 amide bonds. The van der Waals surface area contributed by atoms with Crippen molar-refractivity contribution in [3.8, 4) is 5.75 Å². The Morgan fingerprint density at radius 2 is 2.03 bits per heavy atom. The predicted molar refractivity (Wildman–Crippen MR) is 103 cm³/mol. The molecule has 1 aromatic rings. The van der Waals surface area contributed by atoms with E-state index in [1.165, 1.54) is 17.0 Å². The normalized spacial score (nSPS) is 16.6. The first-order valence-corrected chi connectivity index (χ1v) is 9.12. The van der Waals surface area contributed by atoms with E-state index in [0.717, 1.165) is 12.5 Å². The van der Waals surface area contributed by atoms with Gasteiger partial charge in [0, 0.05) is 33.8 Å². The molecule has 5 nitrogen and oxygen atoms in total. The van der Waals surface area contributed by atoms with Crippen molar-refractivity contribution in [1.29, 1.82) is 0 Å². The third kappa shape index (κ3) is 9.18. The lowest BCUT2D eigenvalue weighted by atomic mass is 10.1. The number of benzene rings is 1. The molecule has 0 saturated carbocycles. The number of carbonyl (C=O) groups is 1. The summed E-state index contributed by atoms with van der Waals surface area (Å²) in [5.41, 5.74) is 0.642. The lowest BCUT2D eigenvalue weighted by molar-refractivity contribution is -0.153. The largest absolute Gasteiger partial charge is 0.481 e. The number of amides is 1. The Morgan fingerprint density at radius 1 is 1.31 bits per heavy atom. The van der Waals surface area contributed by atoms with Crippen LogP contribution in [0.15, 0.2) is 18.2 Å². The minimum Gasteiger partial charge on any atom is -0.481 e. The van der Waals surface area contributed by atoms with Gasteiger partial charge in [0.15, 0.2) is 18.2 Å². The van der Waals surface area contributed by atoms with E-state index in [4.69, 9.17) is 4.74 Å². The van der Waals surface area contributed by atoms with Crippen molar-refractivity contribution in [3.63, 3.8) is 0 Å². The van der Waals surface area contributed by atoms with Crippen LogP contribution in [0.1, 0.15) is 12.0 Å². The van der Waals surface area contributed by atoms with E-state index in [1.807, 2.05) is 4.90 Å². The van der Waals surface area contributed by atoms with Gasteiger partial charge in [-0.05, 0) is 36.5 Å². The molecule has 166 valence electrons. The molecule has 0 aromatic heterocycles. The smallest absolute Gasteiger partial charge is 0.422 e. The number of rotatable bonds is 9. The summed E-state index contributed by atoms with van der Waals surface area (Å²) in [6.45, 7) is 1.26. The maximum Gasteiger partial charge on any atom is 0.422 e. The molecule has 1 aromatic carbocycles. The molecule has 10 heteroatoms. The predicted octanol–water partition coefficient (Wildman–Crippen LogP) is 3.16. The van der Waals surface area contributed by atoms with Crippen molar-refractivity contribution in [2.24, 2.45) is 5.92 Å². The molecule has 1 aliphatic rings. The topological polar surface area (TPSA) is 42.0 Å². The Balaban J connectivity index is 0.00000420. The second kappa shape index (κ2) is 11.6. The summed E-state index contributed by atoms with van der Waals surface area (Å²) < 4.78 is 60.6. The highest BCUT2D eigenvalue weighted by Crippen LogP contribution is 2.23. The zero-order valence-corrected chi connectivity index (χ0v) is 17.3. The molecule has 0 bridgehead atoms. The summed E-state index contributed by atoms with van der Waals surface area (Å²) in [4.78, 5) is 15.6. The number of likely N-dealkylation sites (N-methyl/N-ethyl adjacent to an activating group) is 1. The summed E-state index contributed by atoms with van der Waals surface area (Å²) in [6.07, 6.45) is -3.15. The zero-order chi connectivity index (χ0) is 20.7. The van der Waals surface area contributed by atoms with Crippen molar-refractivity contribution in [3.05, 3.63) is 29.6 Å². The molecular weight excluding hydrogens is 416 g/mol. The Bertz CT molecular complexity index is 653. The summed E-state index contributed by atoms with van der Waals surface area (Å²) in [7, 11) is 3.37. The number of carbonyl (C=O) groups excluding carboxylic acids is 1. The van der Waals surface area contributed by atoms with Crippen molar-refractivity contribution >= 4 is 18.3 Å². The number of alkyl halides is 3. The van der Waals surface area contributed by atoms with Crippen LogP contribution in [0.25, 0.3) is 0 Å². The molecule has 1 saturated heterocycles. The number of hydrogen-bond acceptors (Lipinski definition) is 4. The molecule has 1 heterocycles.